The zero-order valence-corrected chi connectivity index (χ0v) is 33.1. The van der Waals surface area contributed by atoms with Gasteiger partial charge in [-0.15, -0.1) is 0 Å². The van der Waals surface area contributed by atoms with Crippen molar-refractivity contribution in [3.8, 4) is 29.8 Å². The Labute approximate surface area is 357 Å². The van der Waals surface area contributed by atoms with Crippen LogP contribution in [0.4, 0.5) is 17.1 Å². The van der Waals surface area contributed by atoms with E-state index in [9.17, 15) is 15.2 Å². The molecule has 0 aromatic heterocycles. The SMILES string of the molecule is N#C/C(=C/c1ccc(N(c2ccc(C#Cc3ccc4ccc5cccc6ccc3c4c56)cc2)c2ccc(C#Cc3ccc4ccc5cccc6ccc3c4c56)cc2)cc1)C(=O)O. The Morgan fingerprint density at radius 1 is 0.435 bits per heavy atom. The molecule has 0 fully saturated rings. The molecule has 11 rings (SSSR count). The van der Waals surface area contributed by atoms with E-state index in [1.807, 2.05) is 48.5 Å². The predicted molar refractivity (Wildman–Crippen MR) is 255 cm³/mol. The topological polar surface area (TPSA) is 64.3 Å². The third kappa shape index (κ3) is 6.27. The third-order valence-electron chi connectivity index (χ3n) is 11.8. The maximum atomic E-state index is 11.5. The fraction of sp³-hybridized carbons (Fsp3) is 0. The lowest BCUT2D eigenvalue weighted by molar-refractivity contribution is -0.132. The van der Waals surface area contributed by atoms with Crippen LogP contribution in [0.1, 0.15) is 27.8 Å². The molecule has 0 aliphatic rings. The van der Waals surface area contributed by atoms with Gasteiger partial charge in [0.15, 0.2) is 0 Å². The van der Waals surface area contributed by atoms with Gasteiger partial charge >= 0.3 is 5.97 Å². The fourth-order valence-corrected chi connectivity index (χ4v) is 8.83. The van der Waals surface area contributed by atoms with Gasteiger partial charge in [0.25, 0.3) is 0 Å². The van der Waals surface area contributed by atoms with Gasteiger partial charge in [-0.2, -0.15) is 5.26 Å². The molecule has 11 aromatic carbocycles. The van der Waals surface area contributed by atoms with Gasteiger partial charge < -0.3 is 10.0 Å². The molecule has 0 saturated carbocycles. The number of nitrogens with zero attached hydrogens (tertiary/aromatic N) is 2. The number of carboxylic acid groups (broad SMARTS) is 1. The number of carbonyl (C=O) groups is 1. The molecule has 286 valence electrons. The lowest BCUT2D eigenvalue weighted by atomic mass is 9.92. The minimum Gasteiger partial charge on any atom is -0.477 e. The Morgan fingerprint density at radius 2 is 0.806 bits per heavy atom. The number of aliphatic carboxylic acids is 1. The van der Waals surface area contributed by atoms with E-state index >= 15 is 0 Å². The maximum absolute atomic E-state index is 11.5. The van der Waals surface area contributed by atoms with Crippen molar-refractivity contribution in [2.24, 2.45) is 0 Å². The van der Waals surface area contributed by atoms with Crippen molar-refractivity contribution < 1.29 is 9.90 Å². The van der Waals surface area contributed by atoms with Crippen molar-refractivity contribution in [1.82, 2.24) is 0 Å². The molecule has 0 unspecified atom stereocenters. The van der Waals surface area contributed by atoms with Crippen LogP contribution in [0, 0.1) is 35.0 Å². The first-order chi connectivity index (χ1) is 30.5. The number of anilines is 3. The van der Waals surface area contributed by atoms with E-state index in [4.69, 9.17) is 0 Å². The van der Waals surface area contributed by atoms with Gasteiger partial charge in [-0.05, 0) is 149 Å². The van der Waals surface area contributed by atoms with E-state index in [2.05, 4.69) is 162 Å². The van der Waals surface area contributed by atoms with E-state index in [-0.39, 0.29) is 5.57 Å². The Bertz CT molecular complexity index is 3540. The summed E-state index contributed by atoms with van der Waals surface area (Å²) in [5, 5.41) is 33.4. The van der Waals surface area contributed by atoms with E-state index in [1.165, 1.54) is 59.9 Å². The van der Waals surface area contributed by atoms with Gasteiger partial charge in [-0.25, -0.2) is 4.79 Å². The molecule has 1 N–H and O–H groups in total. The van der Waals surface area contributed by atoms with Crippen LogP contribution >= 0.6 is 0 Å². The molecule has 11 aromatic rings. The first-order valence-corrected chi connectivity index (χ1v) is 20.3. The van der Waals surface area contributed by atoms with Crippen molar-refractivity contribution in [3.63, 3.8) is 0 Å². The van der Waals surface area contributed by atoms with Crippen LogP contribution < -0.4 is 4.90 Å². The summed E-state index contributed by atoms with van der Waals surface area (Å²) in [7, 11) is 0. The molecular formula is C58H32N2O2. The molecule has 0 aliphatic carbocycles. The van der Waals surface area contributed by atoms with Crippen LogP contribution in [0.3, 0.4) is 0 Å². The van der Waals surface area contributed by atoms with Crippen LogP contribution in [0.25, 0.3) is 70.7 Å². The highest BCUT2D eigenvalue weighted by atomic mass is 16.4. The van der Waals surface area contributed by atoms with Crippen molar-refractivity contribution >= 4 is 93.7 Å². The highest BCUT2D eigenvalue weighted by Gasteiger charge is 2.15. The fourth-order valence-electron chi connectivity index (χ4n) is 8.83. The average molecular weight is 789 g/mol. The van der Waals surface area contributed by atoms with Gasteiger partial charge in [0.1, 0.15) is 11.6 Å². The largest absolute Gasteiger partial charge is 0.477 e. The van der Waals surface area contributed by atoms with Crippen LogP contribution in [-0.2, 0) is 4.79 Å². The van der Waals surface area contributed by atoms with Crippen LogP contribution in [0.5, 0.6) is 0 Å². The Morgan fingerprint density at radius 3 is 1.21 bits per heavy atom. The number of benzene rings is 11. The Hall–Kier alpha value is -8.88. The number of rotatable bonds is 5. The molecule has 0 spiro atoms. The zero-order chi connectivity index (χ0) is 41.7. The second kappa shape index (κ2) is 14.7. The van der Waals surface area contributed by atoms with E-state index in [0.29, 0.717) is 5.56 Å². The Kier molecular flexibility index (Phi) is 8.61. The van der Waals surface area contributed by atoms with Gasteiger partial charge in [-0.3, -0.25) is 0 Å². The summed E-state index contributed by atoms with van der Waals surface area (Å²) < 4.78 is 0. The number of nitriles is 1. The quantitative estimate of drug-likeness (QED) is 0.0816. The molecule has 0 aliphatic heterocycles. The molecule has 0 saturated heterocycles. The van der Waals surface area contributed by atoms with E-state index < -0.39 is 5.97 Å². The summed E-state index contributed by atoms with van der Waals surface area (Å²) >= 11 is 0. The van der Waals surface area contributed by atoms with Crippen LogP contribution in [-0.4, -0.2) is 11.1 Å². The monoisotopic (exact) mass is 788 g/mol. The first-order valence-electron chi connectivity index (χ1n) is 20.3. The van der Waals surface area contributed by atoms with Gasteiger partial charge in [0.05, 0.1) is 0 Å². The van der Waals surface area contributed by atoms with Crippen molar-refractivity contribution in [2.75, 3.05) is 4.90 Å². The summed E-state index contributed by atoms with van der Waals surface area (Å²) in [4.78, 5) is 13.7. The van der Waals surface area contributed by atoms with Gasteiger partial charge in [0, 0.05) is 39.3 Å². The second-order valence-corrected chi connectivity index (χ2v) is 15.4. The number of hydrogen-bond donors (Lipinski definition) is 1. The molecular weight excluding hydrogens is 757 g/mol. The predicted octanol–water partition coefficient (Wildman–Crippen LogP) is 13.7. The normalized spacial score (nSPS) is 11.5. The van der Waals surface area contributed by atoms with Gasteiger partial charge in [-0.1, -0.05) is 133 Å². The standard InChI is InChI=1S/C58H32N2O2/c59-36-48(58(61)62)35-39-13-31-51(32-14-39)60(49-27-9-37(10-28-49)7-15-40-17-19-46-23-21-42-3-1-5-44-25-33-52(40)56(46)54(42)44)50-29-11-38(12-30-50)8-16-41-18-20-47-24-22-43-4-2-6-45-26-34-53(41)57(47)55(43)45/h1-6,9-14,17-35H,(H,61,62)/b48-35-. The van der Waals surface area contributed by atoms with Crippen molar-refractivity contribution in [2.45, 2.75) is 0 Å². The lowest BCUT2D eigenvalue weighted by Gasteiger charge is -2.25. The van der Waals surface area contributed by atoms with Gasteiger partial charge in [0.2, 0.25) is 0 Å². The number of carboxylic acids is 1. The third-order valence-corrected chi connectivity index (χ3v) is 11.8. The number of hydrogen-bond acceptors (Lipinski definition) is 3. The zero-order valence-electron chi connectivity index (χ0n) is 33.1. The molecule has 0 bridgehead atoms. The highest BCUT2D eigenvalue weighted by Crippen LogP contribution is 2.38. The molecule has 0 radical (unpaired) electrons. The lowest BCUT2D eigenvalue weighted by Crippen LogP contribution is -2.10. The van der Waals surface area contributed by atoms with Crippen molar-refractivity contribution in [1.29, 1.82) is 5.26 Å². The maximum Gasteiger partial charge on any atom is 0.346 e. The molecule has 0 atom stereocenters. The minimum absolute atomic E-state index is 0.327. The summed E-state index contributed by atoms with van der Waals surface area (Å²) in [5.74, 6) is 12.5. The highest BCUT2D eigenvalue weighted by molar-refractivity contribution is 6.25. The summed E-state index contributed by atoms with van der Waals surface area (Å²) in [6.07, 6.45) is 1.37. The average Bonchev–Trinajstić information content (AvgIpc) is 3.32. The van der Waals surface area contributed by atoms with Crippen LogP contribution in [0.2, 0.25) is 0 Å². The van der Waals surface area contributed by atoms with Crippen molar-refractivity contribution in [3.05, 3.63) is 215 Å². The molecule has 0 heterocycles. The molecule has 4 nitrogen and oxygen atoms in total. The minimum atomic E-state index is -1.26. The molecule has 4 heteroatoms. The molecule has 62 heavy (non-hydrogen) atoms. The summed E-state index contributed by atoms with van der Waals surface area (Å²) in [6, 6.07) is 64.5. The summed E-state index contributed by atoms with van der Waals surface area (Å²) in [5.41, 5.74) is 6.71. The summed E-state index contributed by atoms with van der Waals surface area (Å²) in [6.45, 7) is 0. The smallest absolute Gasteiger partial charge is 0.346 e. The molecule has 0 amide bonds. The van der Waals surface area contributed by atoms with Crippen LogP contribution in [0.15, 0.2) is 188 Å². The Balaban J connectivity index is 0.933. The first kappa shape index (κ1) is 36.2. The van der Waals surface area contributed by atoms with E-state index in [1.54, 1.807) is 6.07 Å². The second-order valence-electron chi connectivity index (χ2n) is 15.4. The van der Waals surface area contributed by atoms with E-state index in [0.717, 1.165) is 50.1 Å².